The smallest absolute Gasteiger partial charge is 0.123 e. The number of nitrogens with zero attached hydrogens (tertiary/aromatic N) is 1. The molecule has 0 amide bonds. The maximum absolute atomic E-state index is 6.28. The molecule has 0 atom stereocenters. The minimum absolute atomic E-state index is 0.360. The molecular weight excluding hydrogens is 284 g/mol. The molecule has 21 heavy (non-hydrogen) atoms. The molecule has 3 nitrogen and oxygen atoms in total. The predicted molar refractivity (Wildman–Crippen MR) is 86.7 cm³/mol. The summed E-state index contributed by atoms with van der Waals surface area (Å²) in [6.07, 6.45) is 1.75. The van der Waals surface area contributed by atoms with Crippen molar-refractivity contribution in [1.29, 1.82) is 0 Å². The van der Waals surface area contributed by atoms with Crippen molar-refractivity contribution in [3.63, 3.8) is 0 Å². The van der Waals surface area contributed by atoms with Crippen molar-refractivity contribution in [3.8, 4) is 5.75 Å². The molecule has 0 saturated carbocycles. The highest BCUT2D eigenvalue weighted by Crippen LogP contribution is 2.31. The van der Waals surface area contributed by atoms with E-state index < -0.39 is 0 Å². The van der Waals surface area contributed by atoms with Gasteiger partial charge in [0.25, 0.3) is 0 Å². The van der Waals surface area contributed by atoms with Gasteiger partial charge in [0.1, 0.15) is 12.4 Å². The number of halogens is 1. The Morgan fingerprint density at radius 3 is 2.76 bits per heavy atom. The lowest BCUT2D eigenvalue weighted by atomic mass is 10.0. The van der Waals surface area contributed by atoms with Crippen LogP contribution in [-0.2, 0) is 13.2 Å². The van der Waals surface area contributed by atoms with Gasteiger partial charge in [-0.15, -0.1) is 0 Å². The van der Waals surface area contributed by atoms with E-state index in [-0.39, 0.29) is 0 Å². The SMILES string of the molecule is Cc1cc(Cl)c(C(C)C)cc1OCc1cccnc1CN. The van der Waals surface area contributed by atoms with Gasteiger partial charge in [0.05, 0.1) is 5.69 Å². The van der Waals surface area contributed by atoms with Crippen LogP contribution in [0.15, 0.2) is 30.5 Å². The molecular formula is C17H21ClN2O. The molecule has 1 aromatic carbocycles. The Hall–Kier alpha value is -1.58. The van der Waals surface area contributed by atoms with Crippen LogP contribution in [0.1, 0.15) is 42.1 Å². The zero-order chi connectivity index (χ0) is 15.4. The zero-order valence-corrected chi connectivity index (χ0v) is 13.4. The normalized spacial score (nSPS) is 11.0. The number of hydrogen-bond acceptors (Lipinski definition) is 3. The molecule has 1 aromatic heterocycles. The standard InChI is InChI=1S/C17H21ClN2O/c1-11(2)14-8-17(12(3)7-15(14)18)21-10-13-5-4-6-20-16(13)9-19/h4-8,11H,9-10,19H2,1-3H3. The summed E-state index contributed by atoms with van der Waals surface area (Å²) in [6.45, 7) is 7.11. The van der Waals surface area contributed by atoms with E-state index in [0.717, 1.165) is 33.2 Å². The highest BCUT2D eigenvalue weighted by molar-refractivity contribution is 6.31. The molecule has 0 fully saturated rings. The number of rotatable bonds is 5. The predicted octanol–water partition coefficient (Wildman–Crippen LogP) is 4.20. The van der Waals surface area contributed by atoms with E-state index in [2.05, 4.69) is 18.8 Å². The molecule has 0 unspecified atom stereocenters. The summed E-state index contributed by atoms with van der Waals surface area (Å²) in [5.74, 6) is 1.22. The van der Waals surface area contributed by atoms with Crippen molar-refractivity contribution in [1.82, 2.24) is 4.98 Å². The lowest BCUT2D eigenvalue weighted by Gasteiger charge is -2.15. The van der Waals surface area contributed by atoms with Gasteiger partial charge in [0.15, 0.2) is 0 Å². The molecule has 2 aromatic rings. The third-order valence-electron chi connectivity index (χ3n) is 3.48. The van der Waals surface area contributed by atoms with E-state index in [1.807, 2.05) is 31.2 Å². The van der Waals surface area contributed by atoms with E-state index in [0.29, 0.717) is 19.1 Å². The van der Waals surface area contributed by atoms with Crippen LogP contribution in [-0.4, -0.2) is 4.98 Å². The van der Waals surface area contributed by atoms with E-state index in [9.17, 15) is 0 Å². The fraction of sp³-hybridized carbons (Fsp3) is 0.353. The molecule has 0 aliphatic carbocycles. The van der Waals surface area contributed by atoms with E-state index in [1.54, 1.807) is 6.20 Å². The van der Waals surface area contributed by atoms with E-state index in [1.165, 1.54) is 0 Å². The Balaban J connectivity index is 2.22. The van der Waals surface area contributed by atoms with Crippen molar-refractivity contribution in [2.45, 2.75) is 39.8 Å². The van der Waals surface area contributed by atoms with Crippen molar-refractivity contribution in [3.05, 3.63) is 57.9 Å². The minimum atomic E-state index is 0.360. The first-order valence-corrected chi connectivity index (χ1v) is 7.46. The molecule has 112 valence electrons. The second-order valence-electron chi connectivity index (χ2n) is 5.40. The largest absolute Gasteiger partial charge is 0.489 e. The first-order chi connectivity index (χ1) is 10.0. The second-order valence-corrected chi connectivity index (χ2v) is 5.80. The third-order valence-corrected chi connectivity index (χ3v) is 3.80. The maximum Gasteiger partial charge on any atom is 0.123 e. The number of aromatic nitrogens is 1. The third kappa shape index (κ3) is 3.74. The Kier molecular flexibility index (Phi) is 5.21. The van der Waals surface area contributed by atoms with Crippen LogP contribution in [0.3, 0.4) is 0 Å². The Labute approximate surface area is 131 Å². The van der Waals surface area contributed by atoms with Crippen LogP contribution < -0.4 is 10.5 Å². The van der Waals surface area contributed by atoms with Gasteiger partial charge in [-0.3, -0.25) is 4.98 Å². The maximum atomic E-state index is 6.28. The quantitative estimate of drug-likeness (QED) is 0.900. The lowest BCUT2D eigenvalue weighted by molar-refractivity contribution is 0.302. The van der Waals surface area contributed by atoms with E-state index >= 15 is 0 Å². The molecule has 2 rings (SSSR count). The number of hydrogen-bond donors (Lipinski definition) is 1. The Bertz CT molecular complexity index is 626. The van der Waals surface area contributed by atoms with E-state index in [4.69, 9.17) is 22.1 Å². The average Bonchev–Trinajstić information content (AvgIpc) is 2.46. The molecule has 0 bridgehead atoms. The van der Waals surface area contributed by atoms with Crippen LogP contribution in [0.2, 0.25) is 5.02 Å². The molecule has 0 spiro atoms. The number of pyridine rings is 1. The van der Waals surface area contributed by atoms with Gasteiger partial charge in [0, 0.05) is 23.3 Å². The average molecular weight is 305 g/mol. The highest BCUT2D eigenvalue weighted by Gasteiger charge is 2.11. The van der Waals surface area contributed by atoms with Gasteiger partial charge in [0.2, 0.25) is 0 Å². The molecule has 2 N–H and O–H groups in total. The van der Waals surface area contributed by atoms with Crippen molar-refractivity contribution in [2.24, 2.45) is 5.73 Å². The van der Waals surface area contributed by atoms with Crippen molar-refractivity contribution < 1.29 is 4.74 Å². The van der Waals surface area contributed by atoms with Crippen LogP contribution in [0.4, 0.5) is 0 Å². The highest BCUT2D eigenvalue weighted by atomic mass is 35.5. The molecule has 0 radical (unpaired) electrons. The molecule has 1 heterocycles. The van der Waals surface area contributed by atoms with Crippen LogP contribution in [0, 0.1) is 6.92 Å². The fourth-order valence-electron chi connectivity index (χ4n) is 2.21. The summed E-state index contributed by atoms with van der Waals surface area (Å²) in [5, 5.41) is 0.791. The number of benzene rings is 1. The fourth-order valence-corrected chi connectivity index (χ4v) is 2.64. The summed E-state index contributed by atoms with van der Waals surface area (Å²) in [4.78, 5) is 4.27. The van der Waals surface area contributed by atoms with Gasteiger partial charge in [-0.05, 0) is 42.2 Å². The first-order valence-electron chi connectivity index (χ1n) is 7.08. The van der Waals surface area contributed by atoms with Crippen molar-refractivity contribution >= 4 is 11.6 Å². The van der Waals surface area contributed by atoms with Gasteiger partial charge >= 0.3 is 0 Å². The monoisotopic (exact) mass is 304 g/mol. The number of nitrogens with two attached hydrogens (primary N) is 1. The van der Waals surface area contributed by atoms with Gasteiger partial charge < -0.3 is 10.5 Å². The number of aryl methyl sites for hydroxylation is 1. The first kappa shape index (κ1) is 15.8. The summed E-state index contributed by atoms with van der Waals surface area (Å²) < 4.78 is 5.96. The minimum Gasteiger partial charge on any atom is -0.489 e. The van der Waals surface area contributed by atoms with Crippen LogP contribution in [0.25, 0.3) is 0 Å². The van der Waals surface area contributed by atoms with Gasteiger partial charge in [-0.2, -0.15) is 0 Å². The van der Waals surface area contributed by atoms with Crippen molar-refractivity contribution in [2.75, 3.05) is 0 Å². The second kappa shape index (κ2) is 6.92. The summed E-state index contributed by atoms with van der Waals surface area (Å²) in [6, 6.07) is 7.87. The Morgan fingerprint density at radius 1 is 1.33 bits per heavy atom. The van der Waals surface area contributed by atoms with Crippen LogP contribution >= 0.6 is 11.6 Å². The zero-order valence-electron chi connectivity index (χ0n) is 12.7. The molecule has 0 aliphatic heterocycles. The summed E-state index contributed by atoms with van der Waals surface area (Å²) in [7, 11) is 0. The topological polar surface area (TPSA) is 48.1 Å². The molecule has 4 heteroatoms. The van der Waals surface area contributed by atoms with Gasteiger partial charge in [-0.25, -0.2) is 0 Å². The van der Waals surface area contributed by atoms with Crippen LogP contribution in [0.5, 0.6) is 5.75 Å². The van der Waals surface area contributed by atoms with Gasteiger partial charge in [-0.1, -0.05) is 31.5 Å². The summed E-state index contributed by atoms with van der Waals surface area (Å²) >= 11 is 6.28. The number of ether oxygens (including phenoxy) is 1. The Morgan fingerprint density at radius 2 is 2.10 bits per heavy atom. The molecule has 0 saturated heterocycles. The lowest BCUT2D eigenvalue weighted by Crippen LogP contribution is -2.07. The molecule has 0 aliphatic rings. The summed E-state index contributed by atoms with van der Waals surface area (Å²) in [5.41, 5.74) is 9.71.